The van der Waals surface area contributed by atoms with Crippen LogP contribution in [-0.4, -0.2) is 25.3 Å². The van der Waals surface area contributed by atoms with Crippen molar-refractivity contribution in [1.82, 2.24) is 20.2 Å². The maximum absolute atomic E-state index is 10.3. The number of benzene rings is 1. The van der Waals surface area contributed by atoms with Gasteiger partial charge in [-0.1, -0.05) is 6.07 Å². The molecule has 0 amide bonds. The quantitative estimate of drug-likeness (QED) is 0.616. The molecule has 0 unspecified atom stereocenters. The van der Waals surface area contributed by atoms with Crippen LogP contribution in [0.3, 0.4) is 0 Å². The lowest BCUT2D eigenvalue weighted by molar-refractivity contribution is 0.476. The van der Waals surface area contributed by atoms with Gasteiger partial charge in [-0.2, -0.15) is 5.10 Å². The van der Waals surface area contributed by atoms with Crippen LogP contribution < -0.4 is 0 Å². The van der Waals surface area contributed by atoms with Crippen LogP contribution in [0, 0.1) is 6.92 Å². The maximum atomic E-state index is 10.3. The molecular weight excluding hydrogens is 316 g/mol. The molecule has 0 fully saturated rings. The SMILES string of the molecule is Cc1ccc(-c2nnc(CCc3cocn3)c3cnccc23)c(O)c1. The molecule has 124 valence electrons. The number of phenolic OH excluding ortho intramolecular Hbond substituents is 1. The lowest BCUT2D eigenvalue weighted by Gasteiger charge is -2.10. The highest BCUT2D eigenvalue weighted by Gasteiger charge is 2.14. The minimum absolute atomic E-state index is 0.197. The maximum Gasteiger partial charge on any atom is 0.180 e. The molecule has 0 radical (unpaired) electrons. The normalized spacial score (nSPS) is 11.1. The molecule has 4 aromatic rings. The van der Waals surface area contributed by atoms with Gasteiger partial charge in [-0.3, -0.25) is 4.98 Å². The fourth-order valence-electron chi connectivity index (χ4n) is 2.88. The van der Waals surface area contributed by atoms with Gasteiger partial charge in [0.2, 0.25) is 0 Å². The van der Waals surface area contributed by atoms with E-state index < -0.39 is 0 Å². The largest absolute Gasteiger partial charge is 0.507 e. The van der Waals surface area contributed by atoms with Crippen molar-refractivity contribution >= 4 is 10.8 Å². The predicted molar refractivity (Wildman–Crippen MR) is 93.1 cm³/mol. The van der Waals surface area contributed by atoms with Crippen molar-refractivity contribution < 1.29 is 9.52 Å². The fraction of sp³-hybridized carbons (Fsp3) is 0.158. The molecule has 0 atom stereocenters. The molecule has 0 saturated heterocycles. The second-order valence-electron chi connectivity index (χ2n) is 5.92. The molecule has 0 spiro atoms. The Morgan fingerprint density at radius 1 is 1.08 bits per heavy atom. The fourth-order valence-corrected chi connectivity index (χ4v) is 2.88. The van der Waals surface area contributed by atoms with Crippen molar-refractivity contribution in [1.29, 1.82) is 0 Å². The first-order valence-electron chi connectivity index (χ1n) is 7.98. The van der Waals surface area contributed by atoms with Crippen molar-refractivity contribution in [2.45, 2.75) is 19.8 Å². The number of oxazole rings is 1. The third kappa shape index (κ3) is 2.94. The molecule has 6 heteroatoms. The summed E-state index contributed by atoms with van der Waals surface area (Å²) in [6.45, 7) is 1.93. The van der Waals surface area contributed by atoms with Gasteiger partial charge in [0.15, 0.2) is 6.39 Å². The zero-order valence-electron chi connectivity index (χ0n) is 13.7. The number of nitrogens with zero attached hydrogens (tertiary/aromatic N) is 4. The van der Waals surface area contributed by atoms with E-state index >= 15 is 0 Å². The number of aromatic nitrogens is 4. The summed E-state index contributed by atoms with van der Waals surface area (Å²) in [7, 11) is 0. The highest BCUT2D eigenvalue weighted by atomic mass is 16.3. The van der Waals surface area contributed by atoms with E-state index in [1.807, 2.05) is 25.1 Å². The van der Waals surface area contributed by atoms with Gasteiger partial charge in [-0.25, -0.2) is 4.98 Å². The summed E-state index contributed by atoms with van der Waals surface area (Å²) >= 11 is 0. The molecule has 0 bridgehead atoms. The first kappa shape index (κ1) is 15.3. The Labute approximate surface area is 144 Å². The number of hydrogen-bond acceptors (Lipinski definition) is 6. The number of rotatable bonds is 4. The van der Waals surface area contributed by atoms with Crippen molar-refractivity contribution in [3.8, 4) is 17.0 Å². The van der Waals surface area contributed by atoms with Crippen LogP contribution in [0.15, 0.2) is 53.7 Å². The Bertz CT molecular complexity index is 1030. The third-order valence-corrected chi connectivity index (χ3v) is 4.17. The van der Waals surface area contributed by atoms with E-state index in [9.17, 15) is 5.11 Å². The number of pyridine rings is 1. The first-order valence-corrected chi connectivity index (χ1v) is 7.98. The van der Waals surface area contributed by atoms with Crippen molar-refractivity contribution in [3.05, 3.63) is 66.3 Å². The van der Waals surface area contributed by atoms with Crippen LogP contribution in [0.25, 0.3) is 22.0 Å². The predicted octanol–water partition coefficient (Wildman–Crippen LogP) is 3.48. The van der Waals surface area contributed by atoms with Crippen LogP contribution in [0.5, 0.6) is 5.75 Å². The smallest absolute Gasteiger partial charge is 0.180 e. The molecule has 1 N–H and O–H groups in total. The molecule has 0 aliphatic heterocycles. The van der Waals surface area contributed by atoms with Crippen LogP contribution in [0.4, 0.5) is 0 Å². The minimum atomic E-state index is 0.197. The standard InChI is InChI=1S/C19H16N4O2/c1-12-2-4-15(18(24)8-12)19-14-6-7-20-9-16(14)17(22-23-19)5-3-13-10-25-11-21-13/h2,4,6-11,24H,3,5H2,1H3. The Hall–Kier alpha value is -3.28. The van der Waals surface area contributed by atoms with Crippen LogP contribution >= 0.6 is 0 Å². The van der Waals surface area contributed by atoms with Gasteiger partial charge in [0.05, 0.1) is 11.4 Å². The number of hydrogen-bond donors (Lipinski definition) is 1. The van der Waals surface area contributed by atoms with Crippen molar-refractivity contribution in [2.24, 2.45) is 0 Å². The van der Waals surface area contributed by atoms with E-state index in [1.54, 1.807) is 24.7 Å². The van der Waals surface area contributed by atoms with Gasteiger partial charge in [0, 0.05) is 28.7 Å². The van der Waals surface area contributed by atoms with E-state index in [0.717, 1.165) is 27.7 Å². The summed E-state index contributed by atoms with van der Waals surface area (Å²) in [5.74, 6) is 0.197. The van der Waals surface area contributed by atoms with Gasteiger partial charge in [0.1, 0.15) is 17.7 Å². The van der Waals surface area contributed by atoms with Gasteiger partial charge in [-0.05, 0) is 43.5 Å². The minimum Gasteiger partial charge on any atom is -0.507 e. The molecular formula is C19H16N4O2. The molecule has 25 heavy (non-hydrogen) atoms. The lowest BCUT2D eigenvalue weighted by atomic mass is 10.0. The second-order valence-corrected chi connectivity index (χ2v) is 5.92. The van der Waals surface area contributed by atoms with E-state index in [-0.39, 0.29) is 5.75 Å². The van der Waals surface area contributed by atoms with E-state index in [1.165, 1.54) is 6.39 Å². The Morgan fingerprint density at radius 3 is 2.80 bits per heavy atom. The first-order chi connectivity index (χ1) is 12.2. The van der Waals surface area contributed by atoms with Crippen molar-refractivity contribution in [3.63, 3.8) is 0 Å². The summed E-state index contributed by atoms with van der Waals surface area (Å²) in [5.41, 5.74) is 4.03. The molecule has 0 aliphatic rings. The third-order valence-electron chi connectivity index (χ3n) is 4.17. The molecule has 3 aromatic heterocycles. The Balaban J connectivity index is 1.78. The second kappa shape index (κ2) is 6.32. The highest BCUT2D eigenvalue weighted by Crippen LogP contribution is 2.33. The van der Waals surface area contributed by atoms with E-state index in [4.69, 9.17) is 4.42 Å². The average molecular weight is 332 g/mol. The molecule has 0 saturated carbocycles. The van der Waals surface area contributed by atoms with E-state index in [0.29, 0.717) is 24.1 Å². The number of phenols is 1. The zero-order chi connectivity index (χ0) is 17.2. The van der Waals surface area contributed by atoms with Crippen molar-refractivity contribution in [2.75, 3.05) is 0 Å². The Morgan fingerprint density at radius 2 is 2.00 bits per heavy atom. The zero-order valence-corrected chi connectivity index (χ0v) is 13.7. The average Bonchev–Trinajstić information content (AvgIpc) is 3.14. The van der Waals surface area contributed by atoms with Crippen LogP contribution in [0.1, 0.15) is 17.0 Å². The topological polar surface area (TPSA) is 84.9 Å². The number of aromatic hydroxyl groups is 1. The Kier molecular flexibility index (Phi) is 3.85. The van der Waals surface area contributed by atoms with Gasteiger partial charge in [-0.15, -0.1) is 5.10 Å². The van der Waals surface area contributed by atoms with Crippen LogP contribution in [0.2, 0.25) is 0 Å². The van der Waals surface area contributed by atoms with Gasteiger partial charge in [0.25, 0.3) is 0 Å². The summed E-state index contributed by atoms with van der Waals surface area (Å²) in [5, 5.41) is 20.9. The lowest BCUT2D eigenvalue weighted by Crippen LogP contribution is -2.01. The molecule has 3 heterocycles. The number of aryl methyl sites for hydroxylation is 3. The molecule has 1 aromatic carbocycles. The monoisotopic (exact) mass is 332 g/mol. The number of fused-ring (bicyclic) bond motifs is 1. The molecule has 6 nitrogen and oxygen atoms in total. The van der Waals surface area contributed by atoms with Gasteiger partial charge < -0.3 is 9.52 Å². The molecule has 4 rings (SSSR count). The molecule has 0 aliphatic carbocycles. The van der Waals surface area contributed by atoms with Gasteiger partial charge >= 0.3 is 0 Å². The van der Waals surface area contributed by atoms with E-state index in [2.05, 4.69) is 20.2 Å². The summed E-state index contributed by atoms with van der Waals surface area (Å²) in [6, 6.07) is 7.44. The summed E-state index contributed by atoms with van der Waals surface area (Å²) in [6.07, 6.45) is 7.96. The summed E-state index contributed by atoms with van der Waals surface area (Å²) < 4.78 is 5.00. The summed E-state index contributed by atoms with van der Waals surface area (Å²) in [4.78, 5) is 8.36. The highest BCUT2D eigenvalue weighted by molar-refractivity contribution is 5.96. The van der Waals surface area contributed by atoms with Crippen LogP contribution in [-0.2, 0) is 12.8 Å².